The molecule has 3 aromatic heterocycles. The molecule has 0 aliphatic heterocycles. The van der Waals surface area contributed by atoms with E-state index >= 15 is 0 Å². The van der Waals surface area contributed by atoms with Gasteiger partial charge in [0.15, 0.2) is 0 Å². The summed E-state index contributed by atoms with van der Waals surface area (Å²) < 4.78 is 86.7. The average molecular weight is 675 g/mol. The monoisotopic (exact) mass is 674 g/mol. The number of aryl methyl sites for hydroxylation is 2. The molecule has 0 radical (unpaired) electrons. The minimum absolute atomic E-state index is 0.0138. The van der Waals surface area contributed by atoms with Gasteiger partial charge < -0.3 is 4.57 Å². The van der Waals surface area contributed by atoms with E-state index in [4.69, 9.17) is 4.98 Å². The molecule has 4 nitrogen and oxygen atoms in total. The fourth-order valence-corrected chi connectivity index (χ4v) is 6.83. The Bertz CT molecular complexity index is 2580. The van der Waals surface area contributed by atoms with Crippen molar-refractivity contribution < 1.29 is 26.3 Å². The van der Waals surface area contributed by atoms with Crippen LogP contribution in [0.1, 0.15) is 27.8 Å². The molecule has 0 bridgehead atoms. The van der Waals surface area contributed by atoms with Gasteiger partial charge in [-0.05, 0) is 98.3 Å². The van der Waals surface area contributed by atoms with Crippen molar-refractivity contribution in [2.75, 3.05) is 0 Å². The fourth-order valence-electron chi connectivity index (χ4n) is 6.83. The van der Waals surface area contributed by atoms with Crippen LogP contribution in [-0.4, -0.2) is 14.1 Å². The predicted molar refractivity (Wildman–Crippen MR) is 183 cm³/mol. The number of nitrogens with zero attached hydrogens (tertiary/aromatic N) is 4. The number of hydrogen-bond donors (Lipinski definition) is 0. The number of alkyl halides is 6. The molecule has 0 aliphatic rings. The highest BCUT2D eigenvalue weighted by molar-refractivity contribution is 6.11. The minimum atomic E-state index is -4.70. The van der Waals surface area contributed by atoms with Crippen LogP contribution in [0.3, 0.4) is 0 Å². The third-order valence-electron chi connectivity index (χ3n) is 9.16. The van der Waals surface area contributed by atoms with Crippen LogP contribution < -0.4 is 0 Å². The Morgan fingerprint density at radius 3 is 1.50 bits per heavy atom. The normalized spacial score (nSPS) is 12.4. The Morgan fingerprint density at radius 2 is 1.02 bits per heavy atom. The van der Waals surface area contributed by atoms with Crippen LogP contribution in [0.25, 0.3) is 66.2 Å². The number of rotatable bonds is 3. The summed E-state index contributed by atoms with van der Waals surface area (Å²) in [4.78, 5) is 4.83. The van der Waals surface area contributed by atoms with Gasteiger partial charge in [0.1, 0.15) is 5.82 Å². The SMILES string of the molecule is Cc1ccc2c(c1)c1cc(C)ccc1n2-c1cnc(-n2c3ccc(C(F)(F)F)cc3c3cc(C(F)(F)F)ccc32)cc1-c1ccc(C#N)cc1. The molecule has 246 valence electrons. The average Bonchev–Trinajstić information content (AvgIpc) is 3.58. The van der Waals surface area contributed by atoms with E-state index in [1.165, 1.54) is 12.1 Å². The molecule has 0 atom stereocenters. The van der Waals surface area contributed by atoms with Gasteiger partial charge >= 0.3 is 12.4 Å². The molecule has 3 heterocycles. The van der Waals surface area contributed by atoms with Crippen molar-refractivity contribution in [2.45, 2.75) is 26.2 Å². The quantitative estimate of drug-likeness (QED) is 0.175. The summed E-state index contributed by atoms with van der Waals surface area (Å²) >= 11 is 0. The van der Waals surface area contributed by atoms with E-state index in [0.29, 0.717) is 22.6 Å². The zero-order chi connectivity index (χ0) is 35.1. The Kier molecular flexibility index (Phi) is 6.85. The van der Waals surface area contributed by atoms with Crippen molar-refractivity contribution >= 4 is 43.6 Å². The van der Waals surface area contributed by atoms with Crippen LogP contribution in [0, 0.1) is 25.2 Å². The van der Waals surface area contributed by atoms with Crippen molar-refractivity contribution in [1.82, 2.24) is 14.1 Å². The molecule has 8 rings (SSSR count). The maximum Gasteiger partial charge on any atom is 0.416 e. The number of aromatic nitrogens is 3. The lowest BCUT2D eigenvalue weighted by Crippen LogP contribution is -2.05. The first-order chi connectivity index (χ1) is 23.8. The summed E-state index contributed by atoms with van der Waals surface area (Å²) in [6, 6.07) is 29.4. The maximum absolute atomic E-state index is 13.8. The number of benzene rings is 5. The van der Waals surface area contributed by atoms with Crippen molar-refractivity contribution in [3.63, 3.8) is 0 Å². The van der Waals surface area contributed by atoms with Gasteiger partial charge in [-0.15, -0.1) is 0 Å². The first-order valence-corrected chi connectivity index (χ1v) is 15.6. The molecular weight excluding hydrogens is 650 g/mol. The van der Waals surface area contributed by atoms with Crippen molar-refractivity contribution in [3.8, 4) is 28.7 Å². The second kappa shape index (κ2) is 11.0. The lowest BCUT2D eigenvalue weighted by molar-refractivity contribution is -0.138. The molecule has 10 heteroatoms. The number of pyridine rings is 1. The summed E-state index contributed by atoms with van der Waals surface area (Å²) in [6.07, 6.45) is -7.73. The third kappa shape index (κ3) is 4.96. The zero-order valence-corrected chi connectivity index (χ0v) is 26.4. The van der Waals surface area contributed by atoms with Gasteiger partial charge in [0.05, 0.1) is 56.7 Å². The van der Waals surface area contributed by atoms with Crippen LogP contribution in [0.5, 0.6) is 0 Å². The molecule has 8 aromatic rings. The summed E-state index contributed by atoms with van der Waals surface area (Å²) in [7, 11) is 0. The topological polar surface area (TPSA) is 46.5 Å². The Balaban J connectivity index is 1.45. The molecule has 5 aromatic carbocycles. The second-order valence-electron chi connectivity index (χ2n) is 12.4. The first-order valence-electron chi connectivity index (χ1n) is 15.6. The molecule has 50 heavy (non-hydrogen) atoms. The van der Waals surface area contributed by atoms with Crippen LogP contribution >= 0.6 is 0 Å². The first kappa shape index (κ1) is 31.2. The second-order valence-corrected chi connectivity index (χ2v) is 12.4. The molecule has 0 fully saturated rings. The summed E-state index contributed by atoms with van der Waals surface area (Å²) in [6.45, 7) is 4.05. The van der Waals surface area contributed by atoms with Crippen molar-refractivity contribution in [2.24, 2.45) is 0 Å². The summed E-state index contributed by atoms with van der Waals surface area (Å²) in [5.41, 5.74) is 5.20. The van der Waals surface area contributed by atoms with E-state index in [-0.39, 0.29) is 21.8 Å². The summed E-state index contributed by atoms with van der Waals surface area (Å²) in [5.74, 6) is 0.292. The highest BCUT2D eigenvalue weighted by atomic mass is 19.4. The molecule has 0 unspecified atom stereocenters. The molecule has 0 N–H and O–H groups in total. The highest BCUT2D eigenvalue weighted by Gasteiger charge is 2.33. The molecule has 0 amide bonds. The smallest absolute Gasteiger partial charge is 0.307 e. The van der Waals surface area contributed by atoms with Crippen LogP contribution in [0.2, 0.25) is 0 Å². The van der Waals surface area contributed by atoms with Gasteiger partial charge in [0.2, 0.25) is 0 Å². The standard InChI is InChI=1S/C40H24F6N4/c1-22-3-11-33-29(15-22)30-16-23(2)4-12-34(30)49(33)37-21-48-38(19-28(37)25-7-5-24(20-47)6-8-25)50-35-13-9-26(39(41,42)43)17-31(35)32-18-27(40(44,45)46)10-14-36(32)50/h3-19,21H,1-2H3. The number of nitriles is 1. The van der Waals surface area contributed by atoms with Crippen LogP contribution in [0.4, 0.5) is 26.3 Å². The van der Waals surface area contributed by atoms with E-state index in [9.17, 15) is 31.6 Å². The third-order valence-corrected chi connectivity index (χ3v) is 9.16. The molecule has 0 aliphatic carbocycles. The van der Waals surface area contributed by atoms with E-state index in [1.807, 2.05) is 38.1 Å². The van der Waals surface area contributed by atoms with E-state index in [2.05, 4.69) is 22.8 Å². The van der Waals surface area contributed by atoms with Gasteiger partial charge in [-0.3, -0.25) is 4.57 Å². The largest absolute Gasteiger partial charge is 0.416 e. The van der Waals surface area contributed by atoms with Crippen molar-refractivity contribution in [3.05, 3.63) is 137 Å². The Hall–Kier alpha value is -6.08. The highest BCUT2D eigenvalue weighted by Crippen LogP contribution is 2.42. The van der Waals surface area contributed by atoms with Gasteiger partial charge in [0, 0.05) is 27.1 Å². The fraction of sp³-hybridized carbons (Fsp3) is 0.100. The summed E-state index contributed by atoms with van der Waals surface area (Å²) in [5, 5.41) is 11.6. The zero-order valence-electron chi connectivity index (χ0n) is 26.4. The van der Waals surface area contributed by atoms with Crippen LogP contribution in [-0.2, 0) is 12.4 Å². The molecule has 0 saturated carbocycles. The van der Waals surface area contributed by atoms with Gasteiger partial charge in [-0.25, -0.2) is 4.98 Å². The van der Waals surface area contributed by atoms with Gasteiger partial charge in [-0.2, -0.15) is 31.6 Å². The number of halogens is 6. The van der Waals surface area contributed by atoms with E-state index in [1.54, 1.807) is 41.1 Å². The lowest BCUT2D eigenvalue weighted by Gasteiger charge is -2.17. The van der Waals surface area contributed by atoms with E-state index in [0.717, 1.165) is 62.8 Å². The number of fused-ring (bicyclic) bond motifs is 6. The number of hydrogen-bond acceptors (Lipinski definition) is 2. The molecule has 0 saturated heterocycles. The molecule has 0 spiro atoms. The Morgan fingerprint density at radius 1 is 0.560 bits per heavy atom. The van der Waals surface area contributed by atoms with E-state index < -0.39 is 23.5 Å². The molecular formula is C40H24F6N4. The maximum atomic E-state index is 13.8. The Labute approximate surface area is 281 Å². The van der Waals surface area contributed by atoms with Gasteiger partial charge in [0.25, 0.3) is 0 Å². The van der Waals surface area contributed by atoms with Crippen molar-refractivity contribution in [1.29, 1.82) is 5.26 Å². The predicted octanol–water partition coefficient (Wildman–Crippen LogP) is 11.5. The lowest BCUT2D eigenvalue weighted by atomic mass is 10.0. The van der Waals surface area contributed by atoms with Gasteiger partial charge in [-0.1, -0.05) is 35.4 Å². The minimum Gasteiger partial charge on any atom is -0.307 e. The van der Waals surface area contributed by atoms with Crippen LogP contribution in [0.15, 0.2) is 109 Å².